The van der Waals surface area contributed by atoms with E-state index in [1.807, 2.05) is 0 Å². The lowest BCUT2D eigenvalue weighted by atomic mass is 10.1. The van der Waals surface area contributed by atoms with Crippen LogP contribution in [0.25, 0.3) is 0 Å². The maximum Gasteiger partial charge on any atom is 0.416 e. The van der Waals surface area contributed by atoms with E-state index in [4.69, 9.17) is 10.5 Å². The van der Waals surface area contributed by atoms with Crippen LogP contribution in [0.3, 0.4) is 0 Å². The zero-order chi connectivity index (χ0) is 21.6. The molecule has 0 aliphatic heterocycles. The highest BCUT2D eigenvalue weighted by molar-refractivity contribution is 8.14. The molecule has 0 heterocycles. The van der Waals surface area contributed by atoms with E-state index < -0.39 is 28.3 Å². The molecule has 0 radical (unpaired) electrons. The summed E-state index contributed by atoms with van der Waals surface area (Å²) in [7, 11) is 0. The second-order valence-electron chi connectivity index (χ2n) is 6.33. The van der Waals surface area contributed by atoms with Crippen molar-refractivity contribution in [3.63, 3.8) is 0 Å². The quantitative estimate of drug-likeness (QED) is 0.661. The molecule has 0 aliphatic rings. The summed E-state index contributed by atoms with van der Waals surface area (Å²) in [5, 5.41) is 8.90. The molecule has 156 valence electrons. The smallest absolute Gasteiger partial charge is 0.416 e. The highest BCUT2D eigenvalue weighted by atomic mass is 32.2. The van der Waals surface area contributed by atoms with Gasteiger partial charge in [-0.15, -0.1) is 0 Å². The van der Waals surface area contributed by atoms with E-state index in [1.54, 1.807) is 24.3 Å². The number of ether oxygens (including phenoxy) is 1. The van der Waals surface area contributed by atoms with Gasteiger partial charge in [-0.05, 0) is 48.7 Å². The summed E-state index contributed by atoms with van der Waals surface area (Å²) in [6.45, 7) is 1.15. The Labute approximate surface area is 170 Å². The van der Waals surface area contributed by atoms with Crippen molar-refractivity contribution in [3.05, 3.63) is 65.2 Å². The van der Waals surface area contributed by atoms with Crippen molar-refractivity contribution in [1.82, 2.24) is 0 Å². The Morgan fingerprint density at radius 3 is 2.38 bits per heavy atom. The minimum atomic E-state index is -4.49. The first-order chi connectivity index (χ1) is 13.6. The Bertz CT molecular complexity index is 856. The topological polar surface area (TPSA) is 89.6 Å². The number of amides is 1. The molecule has 9 heteroatoms. The molecule has 0 saturated carbocycles. The number of Topliss-reactive ketones (excluding diaryl/α,β-unsaturated/α-hetero) is 1. The minimum Gasteiger partial charge on any atom is -0.491 e. The van der Waals surface area contributed by atoms with Gasteiger partial charge in [0, 0.05) is 0 Å². The molecule has 2 aromatic rings. The van der Waals surface area contributed by atoms with Gasteiger partial charge in [0.1, 0.15) is 24.2 Å². The van der Waals surface area contributed by atoms with Crippen molar-refractivity contribution in [1.29, 1.82) is 0 Å². The van der Waals surface area contributed by atoms with Gasteiger partial charge in [-0.1, -0.05) is 36.0 Å². The molecular formula is C20H20F3NO4S. The maximum absolute atomic E-state index is 12.8. The van der Waals surface area contributed by atoms with Gasteiger partial charge in [0.15, 0.2) is 0 Å². The summed E-state index contributed by atoms with van der Waals surface area (Å²) in [4.78, 5) is 22.6. The van der Waals surface area contributed by atoms with Crippen LogP contribution in [0.5, 0.6) is 5.75 Å². The summed E-state index contributed by atoms with van der Waals surface area (Å²) in [6, 6.07) is 11.1. The highest BCUT2D eigenvalue weighted by Gasteiger charge is 2.30. The summed E-state index contributed by atoms with van der Waals surface area (Å²) >= 11 is 0.766. The van der Waals surface area contributed by atoms with Crippen LogP contribution in [0.15, 0.2) is 48.5 Å². The van der Waals surface area contributed by atoms with Crippen LogP contribution in [0, 0.1) is 0 Å². The van der Waals surface area contributed by atoms with Crippen LogP contribution < -0.4 is 10.5 Å². The van der Waals surface area contributed by atoms with Crippen LogP contribution in [-0.2, 0) is 17.4 Å². The Kier molecular flexibility index (Phi) is 7.69. The Morgan fingerprint density at radius 2 is 1.83 bits per heavy atom. The van der Waals surface area contributed by atoms with Gasteiger partial charge in [-0.3, -0.25) is 9.59 Å². The van der Waals surface area contributed by atoms with Crippen molar-refractivity contribution in [2.75, 3.05) is 6.61 Å². The SMILES string of the molecule is CC(=O)C(Cc1ccc(OC[C@@H](O)c2cccc(C(F)(F)F)c2)cc1)SC(N)=O. The summed E-state index contributed by atoms with van der Waals surface area (Å²) in [5.74, 6) is 0.236. The Morgan fingerprint density at radius 1 is 1.17 bits per heavy atom. The number of alkyl halides is 3. The number of primary amides is 1. The van der Waals surface area contributed by atoms with Gasteiger partial charge in [0.2, 0.25) is 0 Å². The van der Waals surface area contributed by atoms with Crippen molar-refractivity contribution < 1.29 is 32.6 Å². The Balaban J connectivity index is 1.96. The fourth-order valence-corrected chi connectivity index (χ4v) is 3.26. The first kappa shape index (κ1) is 22.8. The average Bonchev–Trinajstić information content (AvgIpc) is 2.65. The molecule has 0 fully saturated rings. The molecule has 2 atom stereocenters. The van der Waals surface area contributed by atoms with Gasteiger partial charge < -0.3 is 15.6 Å². The van der Waals surface area contributed by atoms with Gasteiger partial charge in [0.05, 0.1) is 10.8 Å². The predicted molar refractivity (Wildman–Crippen MR) is 104 cm³/mol. The maximum atomic E-state index is 12.8. The number of carbonyl (C=O) groups excluding carboxylic acids is 2. The first-order valence-corrected chi connectivity index (χ1v) is 9.47. The number of aliphatic hydroxyl groups excluding tert-OH is 1. The Hall–Kier alpha value is -2.52. The molecular weight excluding hydrogens is 407 g/mol. The number of carbonyl (C=O) groups is 2. The number of hydrogen-bond donors (Lipinski definition) is 2. The van der Waals surface area contributed by atoms with Gasteiger partial charge in [-0.25, -0.2) is 0 Å². The van der Waals surface area contributed by atoms with Crippen LogP contribution in [0.1, 0.15) is 29.7 Å². The molecule has 0 spiro atoms. The molecule has 1 amide bonds. The monoisotopic (exact) mass is 427 g/mol. The molecule has 0 bridgehead atoms. The third-order valence-corrected chi connectivity index (χ3v) is 5.08. The number of hydrogen-bond acceptors (Lipinski definition) is 5. The lowest BCUT2D eigenvalue weighted by Crippen LogP contribution is -2.21. The molecule has 0 aliphatic carbocycles. The van der Waals surface area contributed by atoms with E-state index in [-0.39, 0.29) is 18.0 Å². The number of benzene rings is 2. The third kappa shape index (κ3) is 7.10. The second-order valence-corrected chi connectivity index (χ2v) is 7.54. The van der Waals surface area contributed by atoms with Crippen LogP contribution >= 0.6 is 11.8 Å². The molecule has 3 N–H and O–H groups in total. The second kappa shape index (κ2) is 9.80. The minimum absolute atomic E-state index is 0.101. The number of thioether (sulfide) groups is 1. The van der Waals surface area contributed by atoms with E-state index in [0.29, 0.717) is 12.2 Å². The average molecular weight is 427 g/mol. The largest absolute Gasteiger partial charge is 0.491 e. The lowest BCUT2D eigenvalue weighted by Gasteiger charge is -2.15. The molecule has 0 aromatic heterocycles. The summed E-state index contributed by atoms with van der Waals surface area (Å²) < 4.78 is 43.7. The molecule has 1 unspecified atom stereocenters. The standard InChI is InChI=1S/C20H20F3NO4S/c1-12(25)18(29-19(24)27)9-13-5-7-16(8-6-13)28-11-17(26)14-3-2-4-15(10-14)20(21,22)23/h2-8,10,17-18,26H,9,11H2,1H3,(H2,24,27)/t17-,18?/m1/s1. The van der Waals surface area contributed by atoms with Crippen molar-refractivity contribution in [2.45, 2.75) is 30.9 Å². The molecule has 5 nitrogen and oxygen atoms in total. The summed E-state index contributed by atoms with van der Waals surface area (Å²) in [5.41, 5.74) is 5.17. The highest BCUT2D eigenvalue weighted by Crippen LogP contribution is 2.31. The van der Waals surface area contributed by atoms with Crippen LogP contribution in [0.2, 0.25) is 0 Å². The number of nitrogens with two attached hydrogens (primary N) is 1. The van der Waals surface area contributed by atoms with Gasteiger partial charge in [-0.2, -0.15) is 13.2 Å². The van der Waals surface area contributed by atoms with E-state index in [1.165, 1.54) is 19.1 Å². The van der Waals surface area contributed by atoms with E-state index >= 15 is 0 Å². The number of rotatable bonds is 8. The zero-order valence-electron chi connectivity index (χ0n) is 15.5. The molecule has 0 saturated heterocycles. The number of halogens is 3. The number of aliphatic hydroxyl groups is 1. The van der Waals surface area contributed by atoms with Crippen LogP contribution in [0.4, 0.5) is 18.0 Å². The third-order valence-electron chi connectivity index (χ3n) is 4.06. The van der Waals surface area contributed by atoms with Crippen LogP contribution in [-0.4, -0.2) is 28.0 Å². The van der Waals surface area contributed by atoms with Gasteiger partial charge in [0.25, 0.3) is 5.24 Å². The molecule has 2 aromatic carbocycles. The van der Waals surface area contributed by atoms with E-state index in [9.17, 15) is 27.9 Å². The normalized spacial score (nSPS) is 13.6. The predicted octanol–water partition coefficient (Wildman–Crippen LogP) is 4.13. The fourth-order valence-electron chi connectivity index (χ4n) is 2.54. The molecule has 2 rings (SSSR count). The molecule has 29 heavy (non-hydrogen) atoms. The van der Waals surface area contributed by atoms with E-state index in [2.05, 4.69) is 0 Å². The zero-order valence-corrected chi connectivity index (χ0v) is 16.3. The van der Waals surface area contributed by atoms with E-state index in [0.717, 1.165) is 29.5 Å². The summed E-state index contributed by atoms with van der Waals surface area (Å²) in [6.07, 6.45) is -5.40. The van der Waals surface area contributed by atoms with Crippen molar-refractivity contribution >= 4 is 22.8 Å². The van der Waals surface area contributed by atoms with Crippen molar-refractivity contribution in [3.8, 4) is 5.75 Å². The lowest BCUT2D eigenvalue weighted by molar-refractivity contribution is -0.137. The first-order valence-electron chi connectivity index (χ1n) is 8.59. The van der Waals surface area contributed by atoms with Crippen molar-refractivity contribution in [2.24, 2.45) is 5.73 Å². The number of ketones is 1. The fraction of sp³-hybridized carbons (Fsp3) is 0.300. The van der Waals surface area contributed by atoms with Gasteiger partial charge >= 0.3 is 6.18 Å².